The van der Waals surface area contributed by atoms with Gasteiger partial charge in [0, 0.05) is 16.3 Å². The molecule has 1 heterocycles. The Morgan fingerprint density at radius 1 is 1.15 bits per heavy atom. The average Bonchev–Trinajstić information content (AvgIpc) is 2.87. The van der Waals surface area contributed by atoms with Gasteiger partial charge in [-0.3, -0.25) is 4.79 Å². The van der Waals surface area contributed by atoms with Crippen LogP contribution in [0.2, 0.25) is 0 Å². The summed E-state index contributed by atoms with van der Waals surface area (Å²) in [5.74, 6) is -0.430. The number of hydrogen-bond donors (Lipinski definition) is 0. The largest absolute Gasteiger partial charge is 0.450 e. The normalized spacial score (nSPS) is 10.9. The van der Waals surface area contributed by atoms with Crippen LogP contribution < -0.4 is 0 Å². The van der Waals surface area contributed by atoms with E-state index in [4.69, 9.17) is 4.42 Å². The summed E-state index contributed by atoms with van der Waals surface area (Å²) in [6, 6.07) is 13.7. The van der Waals surface area contributed by atoms with Crippen molar-refractivity contribution in [2.24, 2.45) is 0 Å². The third-order valence-corrected chi connectivity index (χ3v) is 3.58. The Morgan fingerprint density at radius 2 is 1.90 bits per heavy atom. The smallest absolute Gasteiger partial charge is 0.202 e. The molecule has 100 valence electrons. The molecule has 2 nitrogen and oxygen atoms in total. The monoisotopic (exact) mass is 332 g/mol. The Bertz CT molecular complexity index is 775. The van der Waals surface area contributed by atoms with Crippen molar-refractivity contribution in [1.29, 1.82) is 0 Å². The number of fused-ring (bicyclic) bond motifs is 1. The lowest BCUT2D eigenvalue weighted by Gasteiger charge is -1.99. The first-order valence-electron chi connectivity index (χ1n) is 6.09. The lowest BCUT2D eigenvalue weighted by Crippen LogP contribution is -2.01. The van der Waals surface area contributed by atoms with Crippen molar-refractivity contribution in [3.8, 4) is 0 Å². The van der Waals surface area contributed by atoms with E-state index in [-0.39, 0.29) is 23.5 Å². The number of para-hydroxylation sites is 1. The summed E-state index contributed by atoms with van der Waals surface area (Å²) in [4.78, 5) is 12.2. The number of carbonyl (C=O) groups excluding carboxylic acids is 1. The zero-order valence-electron chi connectivity index (χ0n) is 10.4. The number of Topliss-reactive ketones (excluding diaryl/α,β-unsaturated/α-hetero) is 1. The highest BCUT2D eigenvalue weighted by molar-refractivity contribution is 9.10. The van der Waals surface area contributed by atoms with E-state index >= 15 is 0 Å². The quantitative estimate of drug-likeness (QED) is 0.647. The molecule has 0 fully saturated rings. The zero-order chi connectivity index (χ0) is 14.1. The van der Waals surface area contributed by atoms with Gasteiger partial charge >= 0.3 is 0 Å². The molecule has 0 spiro atoms. The number of benzene rings is 2. The Kier molecular flexibility index (Phi) is 3.40. The Balaban J connectivity index is 1.89. The highest BCUT2D eigenvalue weighted by Gasteiger charge is 2.14. The fourth-order valence-electron chi connectivity index (χ4n) is 2.04. The molecule has 1 aromatic heterocycles. The van der Waals surface area contributed by atoms with Crippen LogP contribution in [-0.4, -0.2) is 5.78 Å². The number of ketones is 1. The molecule has 0 radical (unpaired) electrons. The molecule has 0 bridgehead atoms. The molecule has 0 unspecified atom stereocenters. The second kappa shape index (κ2) is 5.21. The van der Waals surface area contributed by atoms with E-state index < -0.39 is 5.82 Å². The molecule has 0 aliphatic heterocycles. The van der Waals surface area contributed by atoms with Crippen LogP contribution in [0.25, 0.3) is 11.0 Å². The molecule has 0 atom stereocenters. The topological polar surface area (TPSA) is 30.2 Å². The number of rotatable bonds is 3. The van der Waals surface area contributed by atoms with Crippen molar-refractivity contribution in [3.05, 3.63) is 70.1 Å². The first kappa shape index (κ1) is 13.1. The number of furan rings is 1. The van der Waals surface area contributed by atoms with E-state index in [2.05, 4.69) is 15.9 Å². The first-order valence-corrected chi connectivity index (χ1v) is 6.88. The van der Waals surface area contributed by atoms with Crippen LogP contribution in [0.5, 0.6) is 0 Å². The maximum atomic E-state index is 13.5. The van der Waals surface area contributed by atoms with Crippen molar-refractivity contribution in [1.82, 2.24) is 0 Å². The van der Waals surface area contributed by atoms with Gasteiger partial charge in [0.05, 0.1) is 0 Å². The molecule has 4 heteroatoms. The van der Waals surface area contributed by atoms with Crippen LogP contribution in [0.3, 0.4) is 0 Å². The molecule has 20 heavy (non-hydrogen) atoms. The molecular weight excluding hydrogens is 323 g/mol. The van der Waals surface area contributed by atoms with E-state index in [9.17, 15) is 9.18 Å². The van der Waals surface area contributed by atoms with E-state index in [1.54, 1.807) is 18.2 Å². The van der Waals surface area contributed by atoms with Gasteiger partial charge in [-0.1, -0.05) is 40.2 Å². The van der Waals surface area contributed by atoms with Gasteiger partial charge < -0.3 is 4.42 Å². The molecule has 0 saturated carbocycles. The molecule has 0 saturated heterocycles. The highest BCUT2D eigenvalue weighted by Crippen LogP contribution is 2.23. The molecular formula is C16H10BrFO2. The summed E-state index contributed by atoms with van der Waals surface area (Å²) >= 11 is 3.34. The average molecular weight is 333 g/mol. The summed E-state index contributed by atoms with van der Waals surface area (Å²) in [6.45, 7) is 0. The lowest BCUT2D eigenvalue weighted by molar-refractivity contribution is 0.0968. The van der Waals surface area contributed by atoms with E-state index in [0.717, 1.165) is 10.0 Å². The van der Waals surface area contributed by atoms with E-state index in [0.29, 0.717) is 5.39 Å². The van der Waals surface area contributed by atoms with Crippen LogP contribution in [0.4, 0.5) is 4.39 Å². The van der Waals surface area contributed by atoms with Crippen LogP contribution in [0.15, 0.2) is 57.4 Å². The van der Waals surface area contributed by atoms with Gasteiger partial charge in [0.15, 0.2) is 17.2 Å². The maximum absolute atomic E-state index is 13.5. The Hall–Kier alpha value is -1.94. The molecule has 0 N–H and O–H groups in total. The Labute approximate surface area is 123 Å². The zero-order valence-corrected chi connectivity index (χ0v) is 12.0. The fourth-order valence-corrected chi connectivity index (χ4v) is 2.30. The minimum absolute atomic E-state index is 0.131. The minimum atomic E-state index is -0.454. The van der Waals surface area contributed by atoms with Gasteiger partial charge in [0.25, 0.3) is 0 Å². The van der Waals surface area contributed by atoms with Crippen molar-refractivity contribution in [2.75, 3.05) is 0 Å². The predicted octanol–water partition coefficient (Wildman–Crippen LogP) is 4.76. The first-order chi connectivity index (χ1) is 9.63. The summed E-state index contributed by atoms with van der Waals surface area (Å²) < 4.78 is 19.8. The highest BCUT2D eigenvalue weighted by atomic mass is 79.9. The third-order valence-electron chi connectivity index (χ3n) is 3.05. The molecule has 0 aliphatic rings. The second-order valence-electron chi connectivity index (χ2n) is 4.50. The second-order valence-corrected chi connectivity index (χ2v) is 5.41. The van der Waals surface area contributed by atoms with Gasteiger partial charge in [-0.25, -0.2) is 4.39 Å². The Morgan fingerprint density at radius 3 is 2.60 bits per heavy atom. The van der Waals surface area contributed by atoms with Crippen LogP contribution >= 0.6 is 15.9 Å². The van der Waals surface area contributed by atoms with Crippen molar-refractivity contribution >= 4 is 32.7 Å². The lowest BCUT2D eigenvalue weighted by atomic mass is 10.1. The van der Waals surface area contributed by atoms with Gasteiger partial charge in [0.2, 0.25) is 5.78 Å². The van der Waals surface area contributed by atoms with Gasteiger partial charge in [-0.2, -0.15) is 0 Å². The molecule has 0 amide bonds. The number of hydrogen-bond acceptors (Lipinski definition) is 2. The van der Waals surface area contributed by atoms with Crippen molar-refractivity contribution < 1.29 is 13.6 Å². The minimum Gasteiger partial charge on any atom is -0.450 e. The predicted molar refractivity (Wildman–Crippen MR) is 78.3 cm³/mol. The van der Waals surface area contributed by atoms with E-state index in [1.807, 2.05) is 24.3 Å². The molecule has 0 aliphatic carbocycles. The summed E-state index contributed by atoms with van der Waals surface area (Å²) in [7, 11) is 0. The summed E-state index contributed by atoms with van der Waals surface area (Å²) in [5.41, 5.74) is 1.02. The SMILES string of the molecule is O=C(Cc1ccc(Br)cc1)c1cc2cccc(F)c2o1. The number of halogens is 2. The van der Waals surface area contributed by atoms with Crippen molar-refractivity contribution in [2.45, 2.75) is 6.42 Å². The maximum Gasteiger partial charge on any atom is 0.202 e. The van der Waals surface area contributed by atoms with Crippen LogP contribution in [0.1, 0.15) is 16.1 Å². The fraction of sp³-hybridized carbons (Fsp3) is 0.0625. The molecule has 3 aromatic rings. The molecule has 2 aromatic carbocycles. The van der Waals surface area contributed by atoms with Gasteiger partial charge in [-0.15, -0.1) is 0 Å². The summed E-state index contributed by atoms with van der Waals surface area (Å²) in [5, 5.41) is 0.601. The third kappa shape index (κ3) is 2.51. The van der Waals surface area contributed by atoms with Crippen molar-refractivity contribution in [3.63, 3.8) is 0 Å². The van der Waals surface area contributed by atoms with Crippen LogP contribution in [-0.2, 0) is 6.42 Å². The number of carbonyl (C=O) groups is 1. The van der Waals surface area contributed by atoms with Gasteiger partial charge in [0.1, 0.15) is 0 Å². The summed E-state index contributed by atoms with van der Waals surface area (Å²) in [6.07, 6.45) is 0.231. The molecule has 3 rings (SSSR count). The standard InChI is InChI=1S/C16H10BrFO2/c17-12-6-4-10(5-7-12)8-14(19)15-9-11-2-1-3-13(18)16(11)20-15/h1-7,9H,8H2. The van der Waals surface area contributed by atoms with E-state index in [1.165, 1.54) is 6.07 Å². The van der Waals surface area contributed by atoms with Gasteiger partial charge in [-0.05, 0) is 29.8 Å². The van der Waals surface area contributed by atoms with Crippen LogP contribution in [0, 0.1) is 5.82 Å².